The fourth-order valence-electron chi connectivity index (χ4n) is 8.58. The second-order valence-corrected chi connectivity index (χ2v) is 11.3. The van der Waals surface area contributed by atoms with Gasteiger partial charge in [0.1, 0.15) is 0 Å². The first-order chi connectivity index (χ1) is 15.2. The van der Waals surface area contributed by atoms with Crippen LogP contribution in [0.25, 0.3) is 0 Å². The van der Waals surface area contributed by atoms with Crippen molar-refractivity contribution in [2.45, 2.75) is 70.0 Å². The highest BCUT2D eigenvalue weighted by atomic mass is 16.7. The van der Waals surface area contributed by atoms with E-state index in [9.17, 15) is 4.79 Å². The van der Waals surface area contributed by atoms with Crippen molar-refractivity contribution in [2.24, 2.45) is 29.6 Å². The van der Waals surface area contributed by atoms with Gasteiger partial charge in [-0.1, -0.05) is 6.07 Å². The SMILES string of the molecule is O=C1CC[C@@H]2CN(C3C4CC5CC(C4)CC3C5)CC[C@@H]2N1Cc1ccc2c(c1)OCO2. The van der Waals surface area contributed by atoms with Crippen LogP contribution in [0.3, 0.4) is 0 Å². The number of nitrogens with zero attached hydrogens (tertiary/aromatic N) is 2. The van der Waals surface area contributed by atoms with Gasteiger partial charge in [0.15, 0.2) is 11.5 Å². The molecule has 1 amide bonds. The molecule has 0 unspecified atom stereocenters. The van der Waals surface area contributed by atoms with E-state index in [0.717, 1.165) is 59.6 Å². The molecule has 0 radical (unpaired) electrons. The third-order valence-electron chi connectivity index (χ3n) is 9.56. The Morgan fingerprint density at radius 3 is 2.48 bits per heavy atom. The molecule has 8 rings (SSSR count). The normalized spacial score (nSPS) is 41.0. The summed E-state index contributed by atoms with van der Waals surface area (Å²) in [6.45, 7) is 3.39. The molecule has 1 aromatic rings. The van der Waals surface area contributed by atoms with Crippen LogP contribution in [0.15, 0.2) is 18.2 Å². The molecule has 3 aliphatic heterocycles. The second-order valence-electron chi connectivity index (χ2n) is 11.3. The number of hydrogen-bond donors (Lipinski definition) is 0. The van der Waals surface area contributed by atoms with Crippen molar-refractivity contribution < 1.29 is 14.3 Å². The average molecular weight is 423 g/mol. The van der Waals surface area contributed by atoms with Gasteiger partial charge in [0.05, 0.1) is 0 Å². The molecule has 2 atom stereocenters. The summed E-state index contributed by atoms with van der Waals surface area (Å²) in [6.07, 6.45) is 10.4. The van der Waals surface area contributed by atoms with Crippen LogP contribution >= 0.6 is 0 Å². The largest absolute Gasteiger partial charge is 0.454 e. The fraction of sp³-hybridized carbons (Fsp3) is 0.731. The van der Waals surface area contributed by atoms with Gasteiger partial charge in [-0.3, -0.25) is 9.69 Å². The predicted molar refractivity (Wildman–Crippen MR) is 117 cm³/mol. The van der Waals surface area contributed by atoms with Gasteiger partial charge in [-0.05, 0) is 92.2 Å². The van der Waals surface area contributed by atoms with Gasteiger partial charge in [-0.2, -0.15) is 0 Å². The number of hydrogen-bond acceptors (Lipinski definition) is 4. The highest BCUT2D eigenvalue weighted by Crippen LogP contribution is 2.55. The molecule has 0 spiro atoms. The summed E-state index contributed by atoms with van der Waals surface area (Å²) < 4.78 is 11.0. The number of amides is 1. The summed E-state index contributed by atoms with van der Waals surface area (Å²) in [5.74, 6) is 6.61. The lowest BCUT2D eigenvalue weighted by Gasteiger charge is -2.59. The van der Waals surface area contributed by atoms with Crippen LogP contribution in [0.2, 0.25) is 0 Å². The highest BCUT2D eigenvalue weighted by Gasteiger charge is 2.51. The molecule has 1 aromatic carbocycles. The summed E-state index contributed by atoms with van der Waals surface area (Å²) in [5, 5.41) is 0. The van der Waals surface area contributed by atoms with Crippen LogP contribution in [0.1, 0.15) is 56.9 Å². The average Bonchev–Trinajstić information content (AvgIpc) is 3.23. The Morgan fingerprint density at radius 2 is 1.68 bits per heavy atom. The van der Waals surface area contributed by atoms with E-state index >= 15 is 0 Å². The van der Waals surface area contributed by atoms with E-state index < -0.39 is 0 Å². The molecule has 4 bridgehead atoms. The minimum atomic E-state index is 0.298. The van der Waals surface area contributed by atoms with Gasteiger partial charge in [-0.15, -0.1) is 0 Å². The van der Waals surface area contributed by atoms with E-state index in [4.69, 9.17) is 9.47 Å². The second kappa shape index (κ2) is 7.13. The lowest BCUT2D eigenvalue weighted by Crippen LogP contribution is -2.62. The zero-order valence-electron chi connectivity index (χ0n) is 18.4. The van der Waals surface area contributed by atoms with E-state index in [1.165, 1.54) is 45.2 Å². The number of fused-ring (bicyclic) bond motifs is 2. The van der Waals surface area contributed by atoms with Crippen molar-refractivity contribution in [1.29, 1.82) is 0 Å². The van der Waals surface area contributed by atoms with Crippen molar-refractivity contribution in [3.63, 3.8) is 0 Å². The van der Waals surface area contributed by atoms with Crippen LogP contribution in [0.5, 0.6) is 11.5 Å². The smallest absolute Gasteiger partial charge is 0.231 e. The number of piperidine rings is 2. The number of likely N-dealkylation sites (tertiary alicyclic amines) is 2. The molecule has 0 N–H and O–H groups in total. The molecular weight excluding hydrogens is 388 g/mol. The molecule has 7 aliphatic rings. The van der Waals surface area contributed by atoms with Crippen LogP contribution in [0.4, 0.5) is 0 Å². The maximum Gasteiger partial charge on any atom is 0.231 e. The number of carbonyl (C=O) groups excluding carboxylic acids is 1. The van der Waals surface area contributed by atoms with Crippen LogP contribution < -0.4 is 9.47 Å². The Morgan fingerprint density at radius 1 is 0.903 bits per heavy atom. The molecule has 31 heavy (non-hydrogen) atoms. The fourth-order valence-corrected chi connectivity index (χ4v) is 8.58. The summed E-state index contributed by atoms with van der Waals surface area (Å²) in [5.41, 5.74) is 1.15. The minimum absolute atomic E-state index is 0.298. The van der Waals surface area contributed by atoms with E-state index in [-0.39, 0.29) is 0 Å². The van der Waals surface area contributed by atoms with Gasteiger partial charge in [0.25, 0.3) is 0 Å². The molecule has 4 saturated carbocycles. The minimum Gasteiger partial charge on any atom is -0.454 e. The molecule has 166 valence electrons. The molecule has 6 fully saturated rings. The van der Waals surface area contributed by atoms with E-state index in [2.05, 4.69) is 21.9 Å². The first kappa shape index (κ1) is 18.8. The van der Waals surface area contributed by atoms with Crippen molar-refractivity contribution in [3.05, 3.63) is 23.8 Å². The van der Waals surface area contributed by atoms with E-state index in [1.54, 1.807) is 0 Å². The Kier molecular flexibility index (Phi) is 4.32. The third kappa shape index (κ3) is 3.10. The standard InChI is InChI=1S/C26H34N2O3/c29-25-4-2-19-14-27(26-20-8-17-7-18(10-20)11-21(26)9-17)6-5-22(19)28(25)13-16-1-3-23-24(12-16)31-15-30-23/h1,3,12,17-22,26H,2,4-11,13-15H2/t17?,18?,19-,20?,21?,22+,26?/m1/s1. The van der Waals surface area contributed by atoms with Crippen molar-refractivity contribution in [1.82, 2.24) is 9.80 Å². The summed E-state index contributed by atoms with van der Waals surface area (Å²) in [7, 11) is 0. The molecule has 0 aromatic heterocycles. The van der Waals surface area contributed by atoms with Crippen molar-refractivity contribution in [3.8, 4) is 11.5 Å². The first-order valence-corrected chi connectivity index (χ1v) is 12.6. The zero-order valence-corrected chi connectivity index (χ0v) is 18.4. The monoisotopic (exact) mass is 422 g/mol. The van der Waals surface area contributed by atoms with Crippen LogP contribution in [-0.4, -0.2) is 47.7 Å². The van der Waals surface area contributed by atoms with Gasteiger partial charge >= 0.3 is 0 Å². The molecule has 2 saturated heterocycles. The summed E-state index contributed by atoms with van der Waals surface area (Å²) in [4.78, 5) is 18.0. The van der Waals surface area contributed by atoms with E-state index in [1.807, 2.05) is 6.07 Å². The molecule has 5 nitrogen and oxygen atoms in total. The number of benzene rings is 1. The van der Waals surface area contributed by atoms with Gasteiger partial charge in [0.2, 0.25) is 12.7 Å². The van der Waals surface area contributed by atoms with Crippen molar-refractivity contribution in [2.75, 3.05) is 19.9 Å². The molecular formula is C26H34N2O3. The summed E-state index contributed by atoms with van der Waals surface area (Å²) >= 11 is 0. The quantitative estimate of drug-likeness (QED) is 0.737. The maximum atomic E-state index is 12.9. The highest BCUT2D eigenvalue weighted by molar-refractivity contribution is 5.77. The summed E-state index contributed by atoms with van der Waals surface area (Å²) in [6, 6.07) is 7.38. The number of ether oxygens (including phenoxy) is 2. The van der Waals surface area contributed by atoms with Crippen LogP contribution in [-0.2, 0) is 11.3 Å². The van der Waals surface area contributed by atoms with Gasteiger partial charge in [-0.25, -0.2) is 0 Å². The Bertz CT molecular complexity index is 857. The lowest BCUT2D eigenvalue weighted by atomic mass is 9.53. The van der Waals surface area contributed by atoms with Crippen LogP contribution in [0, 0.1) is 29.6 Å². The predicted octanol–water partition coefficient (Wildman–Crippen LogP) is 4.05. The molecule has 3 heterocycles. The first-order valence-electron chi connectivity index (χ1n) is 12.6. The number of carbonyl (C=O) groups is 1. The molecule has 5 heteroatoms. The lowest BCUT2D eigenvalue weighted by molar-refractivity contribution is -0.145. The number of rotatable bonds is 3. The van der Waals surface area contributed by atoms with Crippen molar-refractivity contribution >= 4 is 5.91 Å². The van der Waals surface area contributed by atoms with E-state index in [0.29, 0.717) is 37.6 Å². The van der Waals surface area contributed by atoms with Gasteiger partial charge < -0.3 is 14.4 Å². The third-order valence-corrected chi connectivity index (χ3v) is 9.56. The Balaban J connectivity index is 1.07. The zero-order chi connectivity index (χ0) is 20.5. The molecule has 4 aliphatic carbocycles. The van der Waals surface area contributed by atoms with Gasteiger partial charge in [0, 0.05) is 38.1 Å². The maximum absolute atomic E-state index is 12.9. The topological polar surface area (TPSA) is 42.0 Å². The Hall–Kier alpha value is -1.75. The Labute approximate surface area is 185 Å².